The average Bonchev–Trinajstić information content (AvgIpc) is 2.69. The van der Waals surface area contributed by atoms with Crippen LogP contribution in [-0.4, -0.2) is 31.5 Å². The molecule has 120 valence electrons. The van der Waals surface area contributed by atoms with Crippen LogP contribution in [0.2, 0.25) is 0 Å². The number of amides is 1. The smallest absolute Gasteiger partial charge is 0.272 e. The van der Waals surface area contributed by atoms with Gasteiger partial charge in [0.1, 0.15) is 0 Å². The van der Waals surface area contributed by atoms with E-state index in [0.717, 1.165) is 0 Å². The Hall–Kier alpha value is -2.00. The minimum absolute atomic E-state index is 0.00557. The highest BCUT2D eigenvalue weighted by Crippen LogP contribution is 2.32. The zero-order valence-corrected chi connectivity index (χ0v) is 13.1. The summed E-state index contributed by atoms with van der Waals surface area (Å²) in [6, 6.07) is 3.01. The standard InChI is InChI=1S/C13H17N3O5S/c1-8-4-12(16(18)19)9(2)3-11(8)15-6-10(5-13(15)17)7-22(14,20)21/h3-4,10H,5-7H2,1-2H3,(H2,14,20,21). The predicted octanol–water partition coefficient (Wildman–Crippen LogP) is 0.853. The van der Waals surface area contributed by atoms with Crippen molar-refractivity contribution < 1.29 is 18.1 Å². The van der Waals surface area contributed by atoms with Crippen molar-refractivity contribution in [1.82, 2.24) is 0 Å². The van der Waals surface area contributed by atoms with Gasteiger partial charge in [-0.3, -0.25) is 14.9 Å². The molecule has 0 aromatic heterocycles. The van der Waals surface area contributed by atoms with Crippen molar-refractivity contribution >= 4 is 27.3 Å². The van der Waals surface area contributed by atoms with Crippen molar-refractivity contribution in [3.05, 3.63) is 33.4 Å². The van der Waals surface area contributed by atoms with Crippen LogP contribution in [-0.2, 0) is 14.8 Å². The van der Waals surface area contributed by atoms with Gasteiger partial charge >= 0.3 is 0 Å². The molecule has 22 heavy (non-hydrogen) atoms. The molecule has 0 radical (unpaired) electrons. The summed E-state index contributed by atoms with van der Waals surface area (Å²) in [6.07, 6.45) is 0.103. The molecule has 0 bridgehead atoms. The molecule has 1 atom stereocenters. The van der Waals surface area contributed by atoms with Gasteiger partial charge in [0, 0.05) is 36.2 Å². The zero-order valence-electron chi connectivity index (χ0n) is 12.3. The van der Waals surface area contributed by atoms with Gasteiger partial charge in [0.15, 0.2) is 0 Å². The second kappa shape index (κ2) is 5.65. The summed E-state index contributed by atoms with van der Waals surface area (Å²) in [6.45, 7) is 3.53. The molecule has 0 saturated carbocycles. The van der Waals surface area contributed by atoms with Crippen LogP contribution in [0, 0.1) is 29.9 Å². The summed E-state index contributed by atoms with van der Waals surface area (Å²) in [5.41, 5.74) is 1.62. The molecule has 1 aliphatic rings. The van der Waals surface area contributed by atoms with Crippen molar-refractivity contribution in [2.45, 2.75) is 20.3 Å². The normalized spacial score (nSPS) is 18.8. The van der Waals surface area contributed by atoms with E-state index in [1.807, 2.05) is 0 Å². The third kappa shape index (κ3) is 3.42. The van der Waals surface area contributed by atoms with Crippen molar-refractivity contribution in [2.24, 2.45) is 11.1 Å². The van der Waals surface area contributed by atoms with E-state index in [-0.39, 0.29) is 36.2 Å². The van der Waals surface area contributed by atoms with E-state index < -0.39 is 14.9 Å². The van der Waals surface area contributed by atoms with Crippen LogP contribution >= 0.6 is 0 Å². The first kappa shape index (κ1) is 16.4. The number of sulfonamides is 1. The molecule has 2 N–H and O–H groups in total. The number of nitrogens with two attached hydrogens (primary N) is 1. The van der Waals surface area contributed by atoms with Gasteiger partial charge < -0.3 is 4.90 Å². The maximum absolute atomic E-state index is 12.1. The van der Waals surface area contributed by atoms with Crippen LogP contribution in [0.5, 0.6) is 0 Å². The summed E-state index contributed by atoms with van der Waals surface area (Å²) < 4.78 is 22.3. The topological polar surface area (TPSA) is 124 Å². The molecule has 1 aromatic rings. The molecule has 1 fully saturated rings. The number of benzene rings is 1. The molecule has 8 nitrogen and oxygen atoms in total. The Bertz CT molecular complexity index is 744. The highest BCUT2D eigenvalue weighted by atomic mass is 32.2. The van der Waals surface area contributed by atoms with Crippen LogP contribution in [0.1, 0.15) is 17.5 Å². The van der Waals surface area contributed by atoms with Crippen molar-refractivity contribution in [3.8, 4) is 0 Å². The predicted molar refractivity (Wildman–Crippen MR) is 81.0 cm³/mol. The number of primary sulfonamides is 1. The molecular weight excluding hydrogens is 310 g/mol. The number of aryl methyl sites for hydroxylation is 2. The number of carbonyl (C=O) groups is 1. The maximum atomic E-state index is 12.1. The third-order valence-electron chi connectivity index (χ3n) is 3.68. The SMILES string of the molecule is Cc1cc([N+](=O)[O-])c(C)cc1N1CC(CS(N)(=O)=O)CC1=O. The molecular formula is C13H17N3O5S. The first-order valence-corrected chi connectivity index (χ1v) is 8.36. The van der Waals surface area contributed by atoms with Crippen LogP contribution < -0.4 is 10.0 Å². The Morgan fingerprint density at radius 3 is 2.55 bits per heavy atom. The van der Waals surface area contributed by atoms with Gasteiger partial charge in [0.05, 0.1) is 10.7 Å². The maximum Gasteiger partial charge on any atom is 0.272 e. The summed E-state index contributed by atoms with van der Waals surface area (Å²) in [5, 5.41) is 15.9. The van der Waals surface area contributed by atoms with E-state index in [0.29, 0.717) is 16.8 Å². The summed E-state index contributed by atoms with van der Waals surface area (Å²) in [4.78, 5) is 24.0. The lowest BCUT2D eigenvalue weighted by molar-refractivity contribution is -0.385. The number of nitrogens with zero attached hydrogens (tertiary/aromatic N) is 2. The second-order valence-corrected chi connectivity index (χ2v) is 7.25. The molecule has 1 aliphatic heterocycles. The number of rotatable bonds is 4. The van der Waals surface area contributed by atoms with Crippen LogP contribution in [0.4, 0.5) is 11.4 Å². The minimum atomic E-state index is -3.64. The molecule has 1 saturated heterocycles. The lowest BCUT2D eigenvalue weighted by Gasteiger charge is -2.19. The van der Waals surface area contributed by atoms with Crippen LogP contribution in [0.15, 0.2) is 12.1 Å². The van der Waals surface area contributed by atoms with Gasteiger partial charge in [-0.25, -0.2) is 13.6 Å². The van der Waals surface area contributed by atoms with E-state index in [2.05, 4.69) is 0 Å². The molecule has 0 spiro atoms. The number of nitro benzene ring substituents is 1. The zero-order chi connectivity index (χ0) is 16.7. The van der Waals surface area contributed by atoms with E-state index >= 15 is 0 Å². The lowest BCUT2D eigenvalue weighted by atomic mass is 10.1. The molecule has 9 heteroatoms. The number of nitro groups is 1. The van der Waals surface area contributed by atoms with Crippen LogP contribution in [0.25, 0.3) is 0 Å². The Morgan fingerprint density at radius 2 is 2.00 bits per heavy atom. The summed E-state index contributed by atoms with van der Waals surface area (Å²) >= 11 is 0. The Kier molecular flexibility index (Phi) is 4.21. The highest BCUT2D eigenvalue weighted by molar-refractivity contribution is 7.89. The second-order valence-electron chi connectivity index (χ2n) is 5.59. The van der Waals surface area contributed by atoms with E-state index in [1.165, 1.54) is 11.0 Å². The fraction of sp³-hybridized carbons (Fsp3) is 0.462. The monoisotopic (exact) mass is 327 g/mol. The van der Waals surface area contributed by atoms with Crippen molar-refractivity contribution in [1.29, 1.82) is 0 Å². The first-order valence-electron chi connectivity index (χ1n) is 6.65. The van der Waals surface area contributed by atoms with E-state index in [9.17, 15) is 23.3 Å². The quantitative estimate of drug-likeness (QED) is 0.648. The lowest BCUT2D eigenvalue weighted by Crippen LogP contribution is -2.28. The average molecular weight is 327 g/mol. The van der Waals surface area contributed by atoms with Gasteiger partial charge in [-0.05, 0) is 25.5 Å². The van der Waals surface area contributed by atoms with E-state index in [4.69, 9.17) is 5.14 Å². The number of carbonyl (C=O) groups excluding carboxylic acids is 1. The van der Waals surface area contributed by atoms with Crippen LogP contribution in [0.3, 0.4) is 0 Å². The summed E-state index contributed by atoms with van der Waals surface area (Å²) in [7, 11) is -3.64. The number of anilines is 1. The van der Waals surface area contributed by atoms with Gasteiger partial charge in [0.25, 0.3) is 5.69 Å². The first-order chi connectivity index (χ1) is 10.1. The Balaban J connectivity index is 2.31. The van der Waals surface area contributed by atoms with E-state index in [1.54, 1.807) is 19.9 Å². The number of hydrogen-bond donors (Lipinski definition) is 1. The Labute approximate surface area is 128 Å². The molecule has 1 aromatic carbocycles. The fourth-order valence-corrected chi connectivity index (χ4v) is 3.61. The number of hydrogen-bond acceptors (Lipinski definition) is 5. The molecule has 0 aliphatic carbocycles. The highest BCUT2D eigenvalue weighted by Gasteiger charge is 2.34. The van der Waals surface area contributed by atoms with Gasteiger partial charge in [0.2, 0.25) is 15.9 Å². The van der Waals surface area contributed by atoms with Gasteiger partial charge in [-0.15, -0.1) is 0 Å². The largest absolute Gasteiger partial charge is 0.312 e. The van der Waals surface area contributed by atoms with Gasteiger partial charge in [-0.2, -0.15) is 0 Å². The van der Waals surface area contributed by atoms with Gasteiger partial charge in [-0.1, -0.05) is 0 Å². The van der Waals surface area contributed by atoms with Crippen molar-refractivity contribution in [2.75, 3.05) is 17.2 Å². The minimum Gasteiger partial charge on any atom is -0.312 e. The Morgan fingerprint density at radius 1 is 1.36 bits per heavy atom. The molecule has 2 rings (SSSR count). The fourth-order valence-electron chi connectivity index (χ4n) is 2.73. The molecule has 1 amide bonds. The van der Waals surface area contributed by atoms with Crippen molar-refractivity contribution in [3.63, 3.8) is 0 Å². The third-order valence-corrected chi connectivity index (χ3v) is 4.61. The summed E-state index contributed by atoms with van der Waals surface area (Å²) in [5.74, 6) is -0.817. The molecule has 1 unspecified atom stereocenters. The molecule has 1 heterocycles.